The number of aliphatic imine (C=N–C) groups is 1. The van der Waals surface area contributed by atoms with E-state index < -0.39 is 0 Å². The Kier molecular flexibility index (Phi) is 9.23. The lowest BCUT2D eigenvalue weighted by atomic mass is 10.1. The number of likely N-dealkylation sites (tertiary alicyclic amines) is 1. The van der Waals surface area contributed by atoms with Crippen molar-refractivity contribution in [2.24, 2.45) is 4.99 Å². The first kappa shape index (κ1) is 23.5. The third-order valence-corrected chi connectivity index (χ3v) is 5.25. The zero-order valence-electron chi connectivity index (χ0n) is 16.9. The van der Waals surface area contributed by atoms with E-state index in [0.29, 0.717) is 19.5 Å². The normalized spacial score (nSPS) is 14.0. The molecule has 0 unspecified atom stereocenters. The lowest BCUT2D eigenvalue weighted by Gasteiger charge is -2.23. The van der Waals surface area contributed by atoms with Crippen LogP contribution in [0.25, 0.3) is 0 Å². The van der Waals surface area contributed by atoms with Crippen LogP contribution in [0, 0.1) is 0 Å². The number of nitrogens with one attached hydrogen (secondary N) is 1. The van der Waals surface area contributed by atoms with Gasteiger partial charge in [0.1, 0.15) is 0 Å². The number of nitrogens with zero attached hydrogens (tertiary/aromatic N) is 3. The molecule has 0 aliphatic carbocycles. The molecular weight excluding hydrogens is 499 g/mol. The molecule has 156 valence electrons. The van der Waals surface area contributed by atoms with Crippen LogP contribution in [0.4, 0.5) is 0 Å². The molecule has 2 aromatic rings. The summed E-state index contributed by atoms with van der Waals surface area (Å²) in [5.41, 5.74) is 3.53. The lowest BCUT2D eigenvalue weighted by molar-refractivity contribution is -0.128. The van der Waals surface area contributed by atoms with Crippen molar-refractivity contribution in [2.75, 3.05) is 20.6 Å². The Morgan fingerprint density at radius 1 is 1.17 bits per heavy atom. The van der Waals surface area contributed by atoms with Crippen molar-refractivity contribution in [3.05, 3.63) is 70.2 Å². The molecule has 0 spiro atoms. The number of rotatable bonds is 6. The largest absolute Gasteiger partial charge is 0.352 e. The Balaban J connectivity index is 0.00000300. The van der Waals surface area contributed by atoms with Crippen LogP contribution in [-0.2, 0) is 24.4 Å². The molecule has 0 aromatic heterocycles. The van der Waals surface area contributed by atoms with E-state index in [-0.39, 0.29) is 29.9 Å². The predicted molar refractivity (Wildman–Crippen MR) is 130 cm³/mol. The SMILES string of the molecule is CN=C(NCc1ccccc1CN1CCCC1=O)N(C)Cc1ccc(Cl)cc1.I. The molecule has 1 N–H and O–H groups in total. The maximum absolute atomic E-state index is 12.0. The molecule has 29 heavy (non-hydrogen) atoms. The van der Waals surface area contributed by atoms with Crippen LogP contribution in [0.2, 0.25) is 5.02 Å². The molecule has 0 saturated carbocycles. The average molecular weight is 527 g/mol. The van der Waals surface area contributed by atoms with Crippen LogP contribution in [0.1, 0.15) is 29.5 Å². The van der Waals surface area contributed by atoms with Crippen LogP contribution in [0.3, 0.4) is 0 Å². The maximum Gasteiger partial charge on any atom is 0.222 e. The van der Waals surface area contributed by atoms with E-state index in [1.807, 2.05) is 48.3 Å². The first-order valence-corrected chi connectivity index (χ1v) is 9.95. The minimum atomic E-state index is 0. The molecule has 2 aromatic carbocycles. The summed E-state index contributed by atoms with van der Waals surface area (Å²) in [7, 11) is 3.80. The highest BCUT2D eigenvalue weighted by Crippen LogP contribution is 2.17. The van der Waals surface area contributed by atoms with Gasteiger partial charge in [0, 0.05) is 51.7 Å². The number of carbonyl (C=O) groups excluding carboxylic acids is 1. The fourth-order valence-corrected chi connectivity index (χ4v) is 3.58. The van der Waals surface area contributed by atoms with Gasteiger partial charge in [0.25, 0.3) is 0 Å². The quantitative estimate of drug-likeness (QED) is 0.347. The van der Waals surface area contributed by atoms with Crippen molar-refractivity contribution in [2.45, 2.75) is 32.5 Å². The zero-order chi connectivity index (χ0) is 19.9. The van der Waals surface area contributed by atoms with Gasteiger partial charge in [-0.05, 0) is 35.2 Å². The van der Waals surface area contributed by atoms with E-state index in [1.165, 1.54) is 16.7 Å². The smallest absolute Gasteiger partial charge is 0.222 e. The molecule has 5 nitrogen and oxygen atoms in total. The van der Waals surface area contributed by atoms with Crippen molar-refractivity contribution in [3.63, 3.8) is 0 Å². The van der Waals surface area contributed by atoms with E-state index in [9.17, 15) is 4.79 Å². The van der Waals surface area contributed by atoms with Gasteiger partial charge in [-0.25, -0.2) is 0 Å². The highest BCUT2D eigenvalue weighted by Gasteiger charge is 2.21. The molecule has 1 heterocycles. The average Bonchev–Trinajstić information content (AvgIpc) is 3.10. The zero-order valence-corrected chi connectivity index (χ0v) is 20.0. The number of amides is 1. The Morgan fingerprint density at radius 3 is 2.48 bits per heavy atom. The number of hydrogen-bond donors (Lipinski definition) is 1. The van der Waals surface area contributed by atoms with Gasteiger partial charge in [0.15, 0.2) is 5.96 Å². The fourth-order valence-electron chi connectivity index (χ4n) is 3.46. The van der Waals surface area contributed by atoms with Crippen molar-refractivity contribution in [3.8, 4) is 0 Å². The lowest BCUT2D eigenvalue weighted by Crippen LogP contribution is -2.38. The molecule has 0 radical (unpaired) electrons. The van der Waals surface area contributed by atoms with Crippen LogP contribution in [0.5, 0.6) is 0 Å². The Bertz CT molecular complexity index is 841. The van der Waals surface area contributed by atoms with Gasteiger partial charge in [-0.3, -0.25) is 9.79 Å². The molecule has 7 heteroatoms. The molecule has 1 aliphatic rings. The van der Waals surface area contributed by atoms with E-state index in [1.54, 1.807) is 7.05 Å². The molecule has 1 fully saturated rings. The number of hydrogen-bond acceptors (Lipinski definition) is 2. The van der Waals surface area contributed by atoms with Gasteiger partial charge >= 0.3 is 0 Å². The van der Waals surface area contributed by atoms with Gasteiger partial charge in [0.2, 0.25) is 5.91 Å². The van der Waals surface area contributed by atoms with E-state index >= 15 is 0 Å². The van der Waals surface area contributed by atoms with Gasteiger partial charge in [-0.2, -0.15) is 0 Å². The van der Waals surface area contributed by atoms with Crippen molar-refractivity contribution < 1.29 is 4.79 Å². The minimum Gasteiger partial charge on any atom is -0.352 e. The van der Waals surface area contributed by atoms with Crippen molar-refractivity contribution in [1.82, 2.24) is 15.1 Å². The third kappa shape index (κ3) is 6.60. The predicted octanol–water partition coefficient (Wildman–Crippen LogP) is 4.29. The monoisotopic (exact) mass is 526 g/mol. The second-order valence-corrected chi connectivity index (χ2v) is 7.51. The van der Waals surface area contributed by atoms with Crippen LogP contribution in [0.15, 0.2) is 53.5 Å². The molecule has 1 amide bonds. The summed E-state index contributed by atoms with van der Waals surface area (Å²) in [5, 5.41) is 4.18. The first-order chi connectivity index (χ1) is 13.6. The van der Waals surface area contributed by atoms with E-state index in [4.69, 9.17) is 11.6 Å². The summed E-state index contributed by atoms with van der Waals surface area (Å²) in [5.74, 6) is 1.07. The van der Waals surface area contributed by atoms with Crippen molar-refractivity contribution >= 4 is 47.4 Å². The van der Waals surface area contributed by atoms with Crippen LogP contribution < -0.4 is 5.32 Å². The van der Waals surface area contributed by atoms with E-state index in [2.05, 4.69) is 27.3 Å². The number of benzene rings is 2. The fraction of sp³-hybridized carbons (Fsp3) is 0.364. The molecule has 0 bridgehead atoms. The Hall–Kier alpha value is -1.80. The molecule has 3 rings (SSSR count). The maximum atomic E-state index is 12.0. The van der Waals surface area contributed by atoms with Gasteiger partial charge in [-0.1, -0.05) is 48.0 Å². The molecular formula is C22H28ClIN4O. The van der Waals surface area contributed by atoms with Crippen molar-refractivity contribution in [1.29, 1.82) is 0 Å². The minimum absolute atomic E-state index is 0. The van der Waals surface area contributed by atoms with Crippen LogP contribution in [-0.4, -0.2) is 42.3 Å². The van der Waals surface area contributed by atoms with Gasteiger partial charge < -0.3 is 15.1 Å². The van der Waals surface area contributed by atoms with Crippen LogP contribution >= 0.6 is 35.6 Å². The van der Waals surface area contributed by atoms with Gasteiger partial charge in [0.05, 0.1) is 0 Å². The summed E-state index contributed by atoms with van der Waals surface area (Å²) in [6.45, 7) is 2.93. The number of carbonyl (C=O) groups is 1. The molecule has 0 atom stereocenters. The summed E-state index contributed by atoms with van der Waals surface area (Å²) >= 11 is 5.97. The second kappa shape index (κ2) is 11.4. The number of guanidine groups is 1. The molecule has 1 saturated heterocycles. The molecule has 1 aliphatic heterocycles. The number of halogens is 2. The third-order valence-electron chi connectivity index (χ3n) is 4.99. The second-order valence-electron chi connectivity index (χ2n) is 7.07. The Labute approximate surface area is 195 Å². The summed E-state index contributed by atoms with van der Waals surface area (Å²) < 4.78 is 0. The summed E-state index contributed by atoms with van der Waals surface area (Å²) in [6, 6.07) is 16.1. The summed E-state index contributed by atoms with van der Waals surface area (Å²) in [4.78, 5) is 20.4. The highest BCUT2D eigenvalue weighted by molar-refractivity contribution is 14.0. The topological polar surface area (TPSA) is 47.9 Å². The van der Waals surface area contributed by atoms with Gasteiger partial charge in [-0.15, -0.1) is 24.0 Å². The standard InChI is InChI=1S/C22H27ClN4O.HI/c1-24-22(26(2)15-17-9-11-20(23)12-10-17)25-14-18-6-3-4-7-19(18)16-27-13-5-8-21(27)28;/h3-4,6-7,9-12H,5,8,13-16H2,1-2H3,(H,24,25);1H. The van der Waals surface area contributed by atoms with E-state index in [0.717, 1.165) is 30.5 Å². The summed E-state index contributed by atoms with van der Waals surface area (Å²) in [6.07, 6.45) is 1.63. The Morgan fingerprint density at radius 2 is 1.86 bits per heavy atom. The highest BCUT2D eigenvalue weighted by atomic mass is 127. The first-order valence-electron chi connectivity index (χ1n) is 9.57.